The SMILES string of the molecule is C1CC2CCC3CCC(c4sc(C5CCC6CCC7CCCC8CCC5C6C78)c(C5CCC6CCC7CCCC8CCC5C6C78)c4C4CCC5CCC6CCCC7CCC4C5C67)C4CCC(C1)C2C34. The van der Waals surface area contributed by atoms with Crippen molar-refractivity contribution in [3.05, 3.63) is 20.9 Å². The molecule has 69 heavy (non-hydrogen) atoms. The highest BCUT2D eigenvalue weighted by molar-refractivity contribution is 7.12. The minimum absolute atomic E-state index is 0.928. The minimum Gasteiger partial charge on any atom is -0.144 e. The lowest BCUT2D eigenvalue weighted by Crippen LogP contribution is -2.52. The van der Waals surface area contributed by atoms with Crippen LogP contribution >= 0.6 is 11.3 Å². The highest BCUT2D eigenvalue weighted by Crippen LogP contribution is 2.72. The van der Waals surface area contributed by atoms with Gasteiger partial charge < -0.3 is 0 Å². The lowest BCUT2D eigenvalue weighted by Gasteiger charge is -2.61. The van der Waals surface area contributed by atoms with Crippen molar-refractivity contribution in [3.63, 3.8) is 0 Å². The Morgan fingerprint density at radius 1 is 0.188 bits per heavy atom. The van der Waals surface area contributed by atoms with Crippen LogP contribution in [-0.4, -0.2) is 0 Å². The van der Waals surface area contributed by atoms with Gasteiger partial charge in [-0.3, -0.25) is 0 Å². The van der Waals surface area contributed by atoms with Crippen LogP contribution in [0, 0.1) is 142 Å². The largest absolute Gasteiger partial charge is 0.144 e. The van der Waals surface area contributed by atoms with Crippen LogP contribution < -0.4 is 0 Å². The predicted octanol–water partition coefficient (Wildman–Crippen LogP) is 19.1. The maximum absolute atomic E-state index is 2.75. The van der Waals surface area contributed by atoms with Crippen molar-refractivity contribution in [3.8, 4) is 0 Å². The standard InChI is InChI=1S/C68H100S/c1-5-37-13-17-45-25-31-51(49-29-21-41(9-1)57(37)61(45)49)65-66(52-32-26-46-18-14-38-6-2-10-42-22-30-50(52)62(46)58(38)42)68(56-36-28-48-20-16-40-8-4-12-44-24-34-54(56)64(48)60(40)44)69-67(65)55-35-27-47-19-15-39-7-3-11-43-23-33-53(55)63(47)59(39)43/h37-64H,1-36H2. The van der Waals surface area contributed by atoms with Gasteiger partial charge in [0.15, 0.2) is 0 Å². The first-order valence-electron chi connectivity index (χ1n) is 33.4. The molecular formula is C68H100S. The van der Waals surface area contributed by atoms with Crippen LogP contribution in [0.3, 0.4) is 0 Å². The van der Waals surface area contributed by atoms with Crippen LogP contribution in [0.5, 0.6) is 0 Å². The molecule has 17 rings (SSSR count). The van der Waals surface area contributed by atoms with Gasteiger partial charge in [0.25, 0.3) is 0 Å². The summed E-state index contributed by atoms with van der Waals surface area (Å²) in [6.07, 6.45) is 58.1. The van der Waals surface area contributed by atoms with Crippen LogP contribution in [0.4, 0.5) is 0 Å². The van der Waals surface area contributed by atoms with E-state index in [1.54, 1.807) is 231 Å². The van der Waals surface area contributed by atoms with Crippen molar-refractivity contribution in [2.24, 2.45) is 142 Å². The Bertz CT molecular complexity index is 1910. The normalized spacial score (nSPS) is 57.5. The van der Waals surface area contributed by atoms with E-state index in [1.165, 1.54) is 0 Å². The zero-order valence-electron chi connectivity index (χ0n) is 44.0. The molecule has 1 heteroatoms. The van der Waals surface area contributed by atoms with Gasteiger partial charge in [-0.25, -0.2) is 0 Å². The topological polar surface area (TPSA) is 0 Å². The fraction of sp³-hybridized carbons (Fsp3) is 0.941. The fourth-order valence-corrected chi connectivity index (χ4v) is 30.2. The minimum atomic E-state index is 0.928. The molecular weight excluding hydrogens is 849 g/mol. The third-order valence-corrected chi connectivity index (χ3v) is 31.4. The molecule has 1 aromatic rings. The van der Waals surface area contributed by atoms with E-state index in [-0.39, 0.29) is 0 Å². The predicted molar refractivity (Wildman–Crippen MR) is 285 cm³/mol. The van der Waals surface area contributed by atoms with E-state index in [4.69, 9.17) is 0 Å². The average Bonchev–Trinajstić information content (AvgIpc) is 3.79. The average molecular weight is 950 g/mol. The second-order valence-corrected chi connectivity index (χ2v) is 32.2. The van der Waals surface area contributed by atoms with Crippen molar-refractivity contribution in [1.29, 1.82) is 0 Å². The van der Waals surface area contributed by atoms with Crippen LogP contribution in [0.15, 0.2) is 0 Å². The second-order valence-electron chi connectivity index (χ2n) is 31.1. The van der Waals surface area contributed by atoms with Gasteiger partial charge in [0.05, 0.1) is 0 Å². The number of rotatable bonds is 4. The molecule has 0 aromatic carbocycles. The summed E-state index contributed by atoms with van der Waals surface area (Å²) in [4.78, 5) is 4.43. The molecule has 16 saturated carbocycles. The molecule has 1 aromatic heterocycles. The number of thiophene rings is 1. The third-order valence-electron chi connectivity index (χ3n) is 29.9. The molecule has 0 nitrogen and oxygen atoms in total. The lowest BCUT2D eigenvalue weighted by atomic mass is 9.44. The van der Waals surface area contributed by atoms with E-state index >= 15 is 0 Å². The number of hydrogen-bond donors (Lipinski definition) is 0. The van der Waals surface area contributed by atoms with Crippen molar-refractivity contribution >= 4 is 11.3 Å². The first kappa shape index (κ1) is 43.9. The van der Waals surface area contributed by atoms with Crippen LogP contribution in [0.2, 0.25) is 0 Å². The molecule has 0 N–H and O–H groups in total. The quantitative estimate of drug-likeness (QED) is 0.282. The van der Waals surface area contributed by atoms with Crippen LogP contribution in [-0.2, 0) is 0 Å². The molecule has 0 spiro atoms. The summed E-state index contributed by atoms with van der Waals surface area (Å²) < 4.78 is 0. The second kappa shape index (κ2) is 17.1. The van der Waals surface area contributed by atoms with Gasteiger partial charge in [0.1, 0.15) is 0 Å². The first-order valence-corrected chi connectivity index (χ1v) is 34.2. The Kier molecular flexibility index (Phi) is 10.9. The summed E-state index contributed by atoms with van der Waals surface area (Å²) in [5, 5.41) is 0. The van der Waals surface area contributed by atoms with E-state index < -0.39 is 0 Å². The van der Waals surface area contributed by atoms with E-state index in [0.717, 1.165) is 166 Å². The van der Waals surface area contributed by atoms with E-state index in [9.17, 15) is 0 Å². The highest BCUT2D eigenvalue weighted by Gasteiger charge is 2.61. The Hall–Kier alpha value is -0.300. The molecule has 28 unspecified atom stereocenters. The highest BCUT2D eigenvalue weighted by atomic mass is 32.1. The van der Waals surface area contributed by atoms with E-state index in [1.807, 2.05) is 0 Å². The summed E-state index contributed by atoms with van der Waals surface area (Å²) in [5.74, 6) is 29.9. The smallest absolute Gasteiger partial charge is 0.0120 e. The van der Waals surface area contributed by atoms with Gasteiger partial charge in [-0.05, 0) is 331 Å². The molecule has 0 saturated heterocycles. The van der Waals surface area contributed by atoms with Gasteiger partial charge in [0.2, 0.25) is 0 Å². The Labute approximate surface area is 426 Å². The molecule has 0 aliphatic heterocycles. The number of hydrogen-bond acceptors (Lipinski definition) is 1. The molecule has 0 radical (unpaired) electrons. The van der Waals surface area contributed by atoms with Gasteiger partial charge in [-0.2, -0.15) is 0 Å². The summed E-state index contributed by atoms with van der Waals surface area (Å²) >= 11 is 2.75. The maximum Gasteiger partial charge on any atom is 0.0120 e. The zero-order chi connectivity index (χ0) is 44.6. The molecule has 16 aliphatic rings. The Morgan fingerprint density at radius 3 is 0.667 bits per heavy atom. The molecule has 16 fully saturated rings. The molecule has 16 aliphatic carbocycles. The van der Waals surface area contributed by atoms with Crippen molar-refractivity contribution in [2.75, 3.05) is 0 Å². The lowest BCUT2D eigenvalue weighted by molar-refractivity contribution is -0.0889. The zero-order valence-corrected chi connectivity index (χ0v) is 44.8. The van der Waals surface area contributed by atoms with Crippen LogP contribution in [0.25, 0.3) is 0 Å². The maximum atomic E-state index is 2.75. The Morgan fingerprint density at radius 2 is 0.391 bits per heavy atom. The summed E-state index contributed by atoms with van der Waals surface area (Å²) in [5.41, 5.74) is 4.57. The third kappa shape index (κ3) is 6.52. The summed E-state index contributed by atoms with van der Waals surface area (Å²) in [6.45, 7) is 0. The van der Waals surface area contributed by atoms with Gasteiger partial charge >= 0.3 is 0 Å². The van der Waals surface area contributed by atoms with Gasteiger partial charge in [0, 0.05) is 9.75 Å². The van der Waals surface area contributed by atoms with Crippen molar-refractivity contribution < 1.29 is 0 Å². The van der Waals surface area contributed by atoms with E-state index in [0.29, 0.717) is 0 Å². The molecule has 378 valence electrons. The summed E-state index contributed by atoms with van der Waals surface area (Å²) in [7, 11) is 0. The van der Waals surface area contributed by atoms with Gasteiger partial charge in [-0.15, -0.1) is 11.3 Å². The molecule has 0 bridgehead atoms. The Balaban J connectivity index is 0.853. The monoisotopic (exact) mass is 949 g/mol. The first-order chi connectivity index (χ1) is 34.2. The fourth-order valence-electron chi connectivity index (χ4n) is 28.4. The van der Waals surface area contributed by atoms with Crippen molar-refractivity contribution in [2.45, 2.75) is 255 Å². The molecule has 28 atom stereocenters. The van der Waals surface area contributed by atoms with E-state index in [2.05, 4.69) is 32.2 Å². The van der Waals surface area contributed by atoms with Crippen LogP contribution in [0.1, 0.15) is 276 Å². The summed E-state index contributed by atoms with van der Waals surface area (Å²) in [6, 6.07) is 0. The molecule has 0 amide bonds. The molecule has 1 heterocycles. The van der Waals surface area contributed by atoms with Crippen molar-refractivity contribution in [1.82, 2.24) is 0 Å². The van der Waals surface area contributed by atoms with Gasteiger partial charge in [-0.1, -0.05) is 77.0 Å².